The van der Waals surface area contributed by atoms with Gasteiger partial charge in [0.15, 0.2) is 6.10 Å². The molecule has 2 aromatic rings. The summed E-state index contributed by atoms with van der Waals surface area (Å²) in [5.74, 6) is -1.12. The number of carbonyl (C=O) groups excluding carboxylic acids is 3. The minimum absolute atomic E-state index is 0.129. The van der Waals surface area contributed by atoms with E-state index in [9.17, 15) is 14.4 Å². The van der Waals surface area contributed by atoms with Crippen molar-refractivity contribution < 1.29 is 23.9 Å². The number of halogens is 1. The smallest absolute Gasteiger partial charge is 0.313 e. The summed E-state index contributed by atoms with van der Waals surface area (Å²) < 4.78 is 11.0. The number of carbonyl (C=O) groups is 3. The van der Waals surface area contributed by atoms with Crippen LogP contribution in [0.15, 0.2) is 42.5 Å². The van der Waals surface area contributed by atoms with Gasteiger partial charge < -0.3 is 14.8 Å². The maximum absolute atomic E-state index is 12.9. The highest BCUT2D eigenvalue weighted by Gasteiger charge is 2.34. The Morgan fingerprint density at radius 1 is 1.28 bits per heavy atom. The number of para-hydroxylation sites is 2. The first-order chi connectivity index (χ1) is 13.9. The van der Waals surface area contributed by atoms with E-state index in [1.165, 1.54) is 11.8 Å². The van der Waals surface area contributed by atoms with Gasteiger partial charge in [0.05, 0.1) is 17.3 Å². The number of amides is 2. The highest BCUT2D eigenvalue weighted by molar-refractivity contribution is 6.30. The van der Waals surface area contributed by atoms with Gasteiger partial charge in [-0.1, -0.05) is 23.7 Å². The van der Waals surface area contributed by atoms with Crippen molar-refractivity contribution in [2.75, 3.05) is 23.4 Å². The molecule has 0 unspecified atom stereocenters. The van der Waals surface area contributed by atoms with E-state index in [1.807, 2.05) is 0 Å². The van der Waals surface area contributed by atoms with Crippen molar-refractivity contribution in [2.24, 2.45) is 5.92 Å². The summed E-state index contributed by atoms with van der Waals surface area (Å²) in [7, 11) is 0. The molecule has 0 aromatic heterocycles. The van der Waals surface area contributed by atoms with Gasteiger partial charge >= 0.3 is 5.97 Å². The fraction of sp³-hybridized carbons (Fsp3) is 0.286. The van der Waals surface area contributed by atoms with E-state index < -0.39 is 23.9 Å². The lowest BCUT2D eigenvalue weighted by molar-refractivity contribution is -0.159. The van der Waals surface area contributed by atoms with E-state index in [1.54, 1.807) is 42.5 Å². The largest absolute Gasteiger partial charge is 0.492 e. The number of ether oxygens (including phenoxy) is 2. The van der Waals surface area contributed by atoms with Gasteiger partial charge in [0.25, 0.3) is 5.91 Å². The molecule has 4 rings (SSSR count). The highest BCUT2D eigenvalue weighted by Crippen LogP contribution is 2.31. The summed E-state index contributed by atoms with van der Waals surface area (Å²) in [6.07, 6.45) is -0.618. The number of rotatable bonds is 3. The number of nitrogens with zero attached hydrogens (tertiary/aromatic N) is 1. The minimum Gasteiger partial charge on any atom is -0.492 e. The molecule has 7 nitrogen and oxygen atoms in total. The zero-order valence-electron chi connectivity index (χ0n) is 15.7. The molecule has 0 spiro atoms. The van der Waals surface area contributed by atoms with Gasteiger partial charge in [-0.3, -0.25) is 19.3 Å². The van der Waals surface area contributed by atoms with Gasteiger partial charge in [-0.2, -0.15) is 0 Å². The van der Waals surface area contributed by atoms with Crippen LogP contribution < -0.4 is 15.0 Å². The molecule has 0 aliphatic carbocycles. The van der Waals surface area contributed by atoms with Gasteiger partial charge in [-0.25, -0.2) is 0 Å². The number of fused-ring (bicyclic) bond motifs is 2. The first kappa shape index (κ1) is 19.3. The lowest BCUT2D eigenvalue weighted by atomic mass is 9.97. The summed E-state index contributed by atoms with van der Waals surface area (Å²) in [6.45, 7) is 1.54. The fourth-order valence-electron chi connectivity index (χ4n) is 3.48. The third-order valence-electron chi connectivity index (χ3n) is 4.94. The van der Waals surface area contributed by atoms with Gasteiger partial charge in [-0.05, 0) is 49.2 Å². The van der Waals surface area contributed by atoms with Crippen molar-refractivity contribution >= 4 is 40.8 Å². The third-order valence-corrected chi connectivity index (χ3v) is 5.17. The monoisotopic (exact) mass is 414 g/mol. The SMILES string of the molecule is C[C@@H](OC(=O)[C@@H]1COc2ccc(Cl)cc2C1)C(=O)N1CC(=O)Nc2ccccc21. The quantitative estimate of drug-likeness (QED) is 0.780. The van der Waals surface area contributed by atoms with Gasteiger partial charge in [0.1, 0.15) is 18.9 Å². The number of esters is 1. The van der Waals surface area contributed by atoms with E-state index in [-0.39, 0.29) is 19.1 Å². The molecule has 0 fully saturated rings. The second-order valence-electron chi connectivity index (χ2n) is 7.03. The Kier molecular flexibility index (Phi) is 5.15. The van der Waals surface area contributed by atoms with Gasteiger partial charge in [-0.15, -0.1) is 0 Å². The molecular weight excluding hydrogens is 396 g/mol. The van der Waals surface area contributed by atoms with E-state index >= 15 is 0 Å². The topological polar surface area (TPSA) is 84.9 Å². The number of benzene rings is 2. The maximum atomic E-state index is 12.9. The van der Waals surface area contributed by atoms with Crippen molar-refractivity contribution in [2.45, 2.75) is 19.4 Å². The Morgan fingerprint density at radius 2 is 2.07 bits per heavy atom. The summed E-state index contributed by atoms with van der Waals surface area (Å²) in [6, 6.07) is 12.2. The van der Waals surface area contributed by atoms with Crippen LogP contribution in [0.1, 0.15) is 12.5 Å². The predicted octanol–water partition coefficient (Wildman–Crippen LogP) is 2.81. The zero-order chi connectivity index (χ0) is 20.5. The molecule has 2 heterocycles. The van der Waals surface area contributed by atoms with Crippen molar-refractivity contribution in [3.8, 4) is 5.75 Å². The van der Waals surface area contributed by atoms with Gasteiger partial charge in [0.2, 0.25) is 5.91 Å². The molecule has 0 radical (unpaired) electrons. The molecule has 29 heavy (non-hydrogen) atoms. The van der Waals surface area contributed by atoms with E-state index in [2.05, 4.69) is 5.32 Å². The molecule has 2 aliphatic rings. The summed E-state index contributed by atoms with van der Waals surface area (Å²) in [5.41, 5.74) is 1.95. The molecule has 1 N–H and O–H groups in total. The Morgan fingerprint density at radius 3 is 2.90 bits per heavy atom. The van der Waals surface area contributed by atoms with Crippen LogP contribution in [0.4, 0.5) is 11.4 Å². The van der Waals surface area contributed by atoms with Crippen molar-refractivity contribution in [3.63, 3.8) is 0 Å². The first-order valence-electron chi connectivity index (χ1n) is 9.24. The Labute approximate surface area is 172 Å². The number of hydrogen-bond acceptors (Lipinski definition) is 5. The molecule has 2 amide bonds. The Bertz CT molecular complexity index is 993. The summed E-state index contributed by atoms with van der Waals surface area (Å²) in [4.78, 5) is 38.8. The highest BCUT2D eigenvalue weighted by atomic mass is 35.5. The van der Waals surface area contributed by atoms with Crippen molar-refractivity contribution in [3.05, 3.63) is 53.1 Å². The van der Waals surface area contributed by atoms with E-state index in [0.717, 1.165) is 5.56 Å². The molecule has 2 atom stereocenters. The normalized spacial score (nSPS) is 18.6. The first-order valence-corrected chi connectivity index (χ1v) is 9.62. The Hall–Kier alpha value is -3.06. The molecular formula is C21H19ClN2O5. The lowest BCUT2D eigenvalue weighted by Crippen LogP contribution is -2.47. The van der Waals surface area contributed by atoms with Crippen LogP contribution in [0.3, 0.4) is 0 Å². The molecule has 0 saturated carbocycles. The van der Waals surface area contributed by atoms with Crippen LogP contribution in [-0.2, 0) is 25.5 Å². The standard InChI is InChI=1S/C21H19ClN2O5/c1-12(20(26)24-10-19(25)23-16-4-2-3-5-17(16)24)29-21(27)14-8-13-9-15(22)6-7-18(13)28-11-14/h2-7,9,12,14H,8,10-11H2,1H3,(H,23,25)/t12-,14+/m1/s1. The van der Waals surface area contributed by atoms with E-state index in [4.69, 9.17) is 21.1 Å². The van der Waals surface area contributed by atoms with Crippen LogP contribution in [0, 0.1) is 5.92 Å². The third kappa shape index (κ3) is 3.91. The summed E-state index contributed by atoms with van der Waals surface area (Å²) in [5, 5.41) is 3.28. The van der Waals surface area contributed by atoms with Crippen molar-refractivity contribution in [1.29, 1.82) is 0 Å². The predicted molar refractivity (Wildman–Crippen MR) is 107 cm³/mol. The minimum atomic E-state index is -1.04. The van der Waals surface area contributed by atoms with Crippen LogP contribution >= 0.6 is 11.6 Å². The van der Waals surface area contributed by atoms with Crippen LogP contribution in [0.2, 0.25) is 5.02 Å². The molecule has 0 bridgehead atoms. The van der Waals surface area contributed by atoms with Crippen molar-refractivity contribution in [1.82, 2.24) is 0 Å². The number of nitrogens with one attached hydrogen (secondary N) is 1. The summed E-state index contributed by atoms with van der Waals surface area (Å²) >= 11 is 6.01. The average molecular weight is 415 g/mol. The maximum Gasteiger partial charge on any atom is 0.313 e. The number of hydrogen-bond donors (Lipinski definition) is 1. The zero-order valence-corrected chi connectivity index (χ0v) is 16.4. The number of anilines is 2. The van der Waals surface area contributed by atoms with Crippen LogP contribution in [0.5, 0.6) is 5.75 Å². The molecule has 2 aromatic carbocycles. The van der Waals surface area contributed by atoms with Crippen LogP contribution in [0.25, 0.3) is 0 Å². The lowest BCUT2D eigenvalue weighted by Gasteiger charge is -2.31. The Balaban J connectivity index is 1.44. The van der Waals surface area contributed by atoms with E-state index in [0.29, 0.717) is 28.6 Å². The second kappa shape index (κ2) is 7.75. The molecule has 150 valence electrons. The molecule has 2 aliphatic heterocycles. The van der Waals surface area contributed by atoms with Gasteiger partial charge in [0, 0.05) is 5.02 Å². The molecule has 0 saturated heterocycles. The second-order valence-corrected chi connectivity index (χ2v) is 7.47. The average Bonchev–Trinajstić information content (AvgIpc) is 2.71. The molecule has 8 heteroatoms. The fourth-order valence-corrected chi connectivity index (χ4v) is 3.68. The van der Waals surface area contributed by atoms with Crippen LogP contribution in [-0.4, -0.2) is 37.0 Å².